The van der Waals surface area contributed by atoms with E-state index in [0.717, 1.165) is 11.1 Å². The normalized spacial score (nSPS) is 29.4. The van der Waals surface area contributed by atoms with Crippen molar-refractivity contribution in [1.82, 2.24) is 0 Å². The van der Waals surface area contributed by atoms with Crippen molar-refractivity contribution in [3.8, 4) is 0 Å². The molecule has 21 heavy (non-hydrogen) atoms. The molecule has 0 aromatic heterocycles. The van der Waals surface area contributed by atoms with E-state index in [4.69, 9.17) is 9.47 Å². The number of hydrogen-bond acceptors (Lipinski definition) is 3. The highest BCUT2D eigenvalue weighted by molar-refractivity contribution is 5.74. The Morgan fingerprint density at radius 3 is 1.95 bits per heavy atom. The molecule has 4 rings (SSSR count). The molecule has 0 radical (unpaired) electrons. The molecular weight excluding hydrogens is 264 g/mol. The molecule has 2 atom stereocenters. The van der Waals surface area contributed by atoms with Gasteiger partial charge < -0.3 is 9.47 Å². The van der Waals surface area contributed by atoms with Crippen molar-refractivity contribution in [2.75, 3.05) is 0 Å². The molecule has 2 aromatic carbocycles. The molecule has 2 heterocycles. The first-order chi connectivity index (χ1) is 10.2. The molecule has 106 valence electrons. The average molecular weight is 280 g/mol. The van der Waals surface area contributed by atoms with E-state index in [9.17, 15) is 4.79 Å². The Hall–Kier alpha value is -2.13. The Bertz CT molecular complexity index is 641. The molecule has 2 aromatic rings. The van der Waals surface area contributed by atoms with Gasteiger partial charge in [0.2, 0.25) is 5.79 Å². The van der Waals surface area contributed by atoms with Crippen molar-refractivity contribution < 1.29 is 14.3 Å². The fourth-order valence-electron chi connectivity index (χ4n) is 3.69. The Morgan fingerprint density at radius 1 is 0.952 bits per heavy atom. The van der Waals surface area contributed by atoms with E-state index >= 15 is 0 Å². The van der Waals surface area contributed by atoms with Gasteiger partial charge in [-0.25, -0.2) is 0 Å². The summed E-state index contributed by atoms with van der Waals surface area (Å²) < 4.78 is 11.6. The van der Waals surface area contributed by atoms with Gasteiger partial charge in [0, 0.05) is 6.92 Å². The molecule has 0 aliphatic carbocycles. The SMILES string of the molecule is C[C@]12OC(=O)C[C@H]1C(c1ccccc1)(c1ccccc1)O2. The number of rotatable bonds is 2. The third-order valence-electron chi connectivity index (χ3n) is 4.58. The lowest BCUT2D eigenvalue weighted by Gasteiger charge is -2.56. The van der Waals surface area contributed by atoms with Crippen LogP contribution < -0.4 is 0 Å². The predicted molar refractivity (Wildman–Crippen MR) is 77.4 cm³/mol. The van der Waals surface area contributed by atoms with Gasteiger partial charge in [0.05, 0.1) is 12.3 Å². The van der Waals surface area contributed by atoms with E-state index in [0.29, 0.717) is 6.42 Å². The molecule has 3 nitrogen and oxygen atoms in total. The summed E-state index contributed by atoms with van der Waals surface area (Å²) in [6.07, 6.45) is 0.389. The van der Waals surface area contributed by atoms with Crippen molar-refractivity contribution in [2.24, 2.45) is 5.92 Å². The standard InChI is InChI=1S/C18H16O3/c1-17-15(12-16(19)20-17)18(21-17,13-8-4-2-5-9-13)14-10-6-3-7-11-14/h2-11,15H,12H2,1H3/t15-,17-/m1/s1. The van der Waals surface area contributed by atoms with E-state index in [-0.39, 0.29) is 11.9 Å². The minimum Gasteiger partial charge on any atom is -0.433 e. The topological polar surface area (TPSA) is 35.5 Å². The van der Waals surface area contributed by atoms with Crippen LogP contribution in [0.15, 0.2) is 60.7 Å². The lowest BCUT2D eigenvalue weighted by molar-refractivity contribution is -0.374. The van der Waals surface area contributed by atoms with Crippen molar-refractivity contribution in [2.45, 2.75) is 24.7 Å². The minimum absolute atomic E-state index is 0.00213. The third kappa shape index (κ3) is 1.61. The highest BCUT2D eigenvalue weighted by Crippen LogP contribution is 2.61. The Labute approximate surface area is 123 Å². The molecule has 0 spiro atoms. The number of fused-ring (bicyclic) bond motifs is 1. The van der Waals surface area contributed by atoms with Crippen LogP contribution in [-0.2, 0) is 19.9 Å². The van der Waals surface area contributed by atoms with Crippen LogP contribution in [-0.4, -0.2) is 11.8 Å². The van der Waals surface area contributed by atoms with Crippen molar-refractivity contribution in [3.63, 3.8) is 0 Å². The zero-order valence-corrected chi connectivity index (χ0v) is 11.8. The Kier molecular flexibility index (Phi) is 2.51. The third-order valence-corrected chi connectivity index (χ3v) is 4.58. The molecule has 3 heteroatoms. The van der Waals surface area contributed by atoms with Gasteiger partial charge in [0.25, 0.3) is 0 Å². The van der Waals surface area contributed by atoms with Gasteiger partial charge in [-0.15, -0.1) is 0 Å². The first kappa shape index (κ1) is 12.6. The van der Waals surface area contributed by atoms with Crippen LogP contribution in [0.2, 0.25) is 0 Å². The van der Waals surface area contributed by atoms with Gasteiger partial charge >= 0.3 is 5.97 Å². The van der Waals surface area contributed by atoms with Crippen molar-refractivity contribution >= 4 is 5.97 Å². The van der Waals surface area contributed by atoms with E-state index in [1.54, 1.807) is 0 Å². The van der Waals surface area contributed by atoms with Gasteiger partial charge in [-0.2, -0.15) is 0 Å². The smallest absolute Gasteiger partial charge is 0.308 e. The lowest BCUT2D eigenvalue weighted by atomic mass is 9.67. The average Bonchev–Trinajstić information content (AvgIpc) is 2.75. The van der Waals surface area contributed by atoms with E-state index in [2.05, 4.69) is 24.3 Å². The largest absolute Gasteiger partial charge is 0.433 e. The predicted octanol–water partition coefficient (Wildman–Crippen LogP) is 3.24. The van der Waals surface area contributed by atoms with Crippen LogP contribution in [0.25, 0.3) is 0 Å². The lowest BCUT2D eigenvalue weighted by Crippen LogP contribution is -2.63. The van der Waals surface area contributed by atoms with Crippen LogP contribution in [0.5, 0.6) is 0 Å². The Morgan fingerprint density at radius 2 is 1.48 bits per heavy atom. The summed E-state index contributed by atoms with van der Waals surface area (Å²) in [6, 6.07) is 20.2. The van der Waals surface area contributed by atoms with Gasteiger partial charge in [-0.3, -0.25) is 4.79 Å². The number of carbonyl (C=O) groups excluding carboxylic acids is 1. The molecule has 2 aliphatic rings. The molecule has 0 unspecified atom stereocenters. The molecular formula is C18H16O3. The highest BCUT2D eigenvalue weighted by Gasteiger charge is 2.70. The van der Waals surface area contributed by atoms with Crippen LogP contribution in [0, 0.1) is 5.92 Å². The summed E-state index contributed by atoms with van der Waals surface area (Å²) in [5.41, 5.74) is 1.54. The zero-order valence-electron chi connectivity index (χ0n) is 11.8. The van der Waals surface area contributed by atoms with Crippen LogP contribution >= 0.6 is 0 Å². The summed E-state index contributed by atoms with van der Waals surface area (Å²) in [5, 5.41) is 0. The monoisotopic (exact) mass is 280 g/mol. The molecule has 2 aliphatic heterocycles. The van der Waals surface area contributed by atoms with E-state index < -0.39 is 11.4 Å². The summed E-state index contributed by atoms with van der Waals surface area (Å²) in [7, 11) is 0. The molecule has 0 bridgehead atoms. The van der Waals surface area contributed by atoms with Crippen LogP contribution in [0.4, 0.5) is 0 Å². The number of carbonyl (C=O) groups is 1. The maximum atomic E-state index is 11.8. The van der Waals surface area contributed by atoms with Gasteiger partial charge in [-0.05, 0) is 11.1 Å². The number of esters is 1. The second-order valence-corrected chi connectivity index (χ2v) is 5.82. The van der Waals surface area contributed by atoms with Crippen LogP contribution in [0.1, 0.15) is 24.5 Å². The fourth-order valence-corrected chi connectivity index (χ4v) is 3.69. The first-order valence-corrected chi connectivity index (χ1v) is 7.18. The zero-order chi connectivity index (χ0) is 14.5. The molecule has 0 N–H and O–H groups in total. The molecule has 2 fully saturated rings. The second kappa shape index (κ2) is 4.18. The van der Waals surface area contributed by atoms with Gasteiger partial charge in [-0.1, -0.05) is 60.7 Å². The van der Waals surface area contributed by atoms with E-state index in [1.807, 2.05) is 43.3 Å². The van der Waals surface area contributed by atoms with Crippen molar-refractivity contribution in [1.29, 1.82) is 0 Å². The summed E-state index contributed by atoms with van der Waals surface area (Å²) in [6.45, 7) is 1.85. The van der Waals surface area contributed by atoms with Crippen molar-refractivity contribution in [3.05, 3.63) is 71.8 Å². The second-order valence-electron chi connectivity index (χ2n) is 5.82. The number of hydrogen-bond donors (Lipinski definition) is 0. The van der Waals surface area contributed by atoms with Crippen LogP contribution in [0.3, 0.4) is 0 Å². The summed E-state index contributed by atoms with van der Waals surface area (Å²) in [4.78, 5) is 11.8. The molecule has 2 saturated heterocycles. The molecule has 0 amide bonds. The van der Waals surface area contributed by atoms with E-state index in [1.165, 1.54) is 0 Å². The van der Waals surface area contributed by atoms with Gasteiger partial charge in [0.1, 0.15) is 5.60 Å². The number of ether oxygens (including phenoxy) is 2. The maximum absolute atomic E-state index is 11.8. The molecule has 0 saturated carbocycles. The maximum Gasteiger partial charge on any atom is 0.308 e. The fraction of sp³-hybridized carbons (Fsp3) is 0.278. The summed E-state index contributed by atoms with van der Waals surface area (Å²) in [5.74, 6) is -0.985. The first-order valence-electron chi connectivity index (χ1n) is 7.18. The van der Waals surface area contributed by atoms with Gasteiger partial charge in [0.15, 0.2) is 0 Å². The number of benzene rings is 2. The highest BCUT2D eigenvalue weighted by atomic mass is 16.8. The minimum atomic E-state index is -0.803. The summed E-state index contributed by atoms with van der Waals surface area (Å²) >= 11 is 0. The Balaban J connectivity index is 1.88. The quantitative estimate of drug-likeness (QED) is 0.792.